The molecule has 1 heterocycles. The van der Waals surface area contributed by atoms with Gasteiger partial charge in [0.05, 0.1) is 0 Å². The minimum absolute atomic E-state index is 0.370. The second-order valence-electron chi connectivity index (χ2n) is 6.04. The monoisotopic (exact) mass is 290 g/mol. The number of aryl methyl sites for hydroxylation is 1. The molecule has 1 aliphatic carbocycles. The molecule has 0 saturated heterocycles. The van der Waals surface area contributed by atoms with E-state index in [1.807, 2.05) is 6.08 Å². The maximum absolute atomic E-state index is 6.12. The zero-order chi connectivity index (χ0) is 15.5. The molecule has 1 aliphatic rings. The van der Waals surface area contributed by atoms with E-state index < -0.39 is 0 Å². The Morgan fingerprint density at radius 1 is 1.41 bits per heavy atom. The normalized spacial score (nSPS) is 17.0. The van der Waals surface area contributed by atoms with Crippen molar-refractivity contribution in [2.24, 2.45) is 5.92 Å². The molecule has 2 N–H and O–H groups in total. The van der Waals surface area contributed by atoms with Gasteiger partial charge in [0, 0.05) is 23.4 Å². The van der Waals surface area contributed by atoms with Crippen molar-refractivity contribution in [3.8, 4) is 0 Å². The molecule has 0 fully saturated rings. The molecular formula is C19H23BN2. The first-order chi connectivity index (χ1) is 10.7. The van der Waals surface area contributed by atoms with E-state index in [0.29, 0.717) is 5.92 Å². The van der Waals surface area contributed by atoms with E-state index in [9.17, 15) is 0 Å². The van der Waals surface area contributed by atoms with Gasteiger partial charge >= 0.3 is 0 Å². The highest BCUT2D eigenvalue weighted by molar-refractivity contribution is 6.34. The molecule has 0 aliphatic heterocycles. The quantitative estimate of drug-likeness (QED) is 0.477. The van der Waals surface area contributed by atoms with Gasteiger partial charge in [-0.1, -0.05) is 31.2 Å². The van der Waals surface area contributed by atoms with Crippen LogP contribution in [0.4, 0.5) is 0 Å². The van der Waals surface area contributed by atoms with E-state index in [4.69, 9.17) is 7.85 Å². The highest BCUT2D eigenvalue weighted by Crippen LogP contribution is 2.35. The average Bonchev–Trinajstić information content (AvgIpc) is 2.86. The summed E-state index contributed by atoms with van der Waals surface area (Å²) >= 11 is 0. The number of nitrogens with one attached hydrogen (secondary N) is 2. The highest BCUT2D eigenvalue weighted by Gasteiger charge is 2.20. The molecule has 0 spiro atoms. The van der Waals surface area contributed by atoms with Crippen LogP contribution in [0.1, 0.15) is 30.9 Å². The molecule has 1 aromatic carbocycles. The molecule has 3 rings (SSSR count). The second-order valence-corrected chi connectivity index (χ2v) is 6.04. The van der Waals surface area contributed by atoms with Crippen molar-refractivity contribution >= 4 is 29.9 Å². The lowest BCUT2D eigenvalue weighted by molar-refractivity contribution is 0.622. The summed E-state index contributed by atoms with van der Waals surface area (Å²) in [4.78, 5) is 3.31. The molecule has 2 aromatic rings. The van der Waals surface area contributed by atoms with Crippen LogP contribution in [-0.2, 0) is 6.42 Å². The molecule has 0 amide bonds. The summed E-state index contributed by atoms with van der Waals surface area (Å²) in [5.74, 6) is 0.370. The van der Waals surface area contributed by atoms with Crippen LogP contribution in [-0.4, -0.2) is 25.9 Å². The summed E-state index contributed by atoms with van der Waals surface area (Å²) in [7, 11) is 6.12. The van der Waals surface area contributed by atoms with Gasteiger partial charge in [-0.15, -0.1) is 6.58 Å². The number of aromatic nitrogens is 1. The Hall–Kier alpha value is -1.74. The second kappa shape index (κ2) is 6.57. The summed E-state index contributed by atoms with van der Waals surface area (Å²) in [5, 5.41) is 4.79. The largest absolute Gasteiger partial charge is 0.368 e. The van der Waals surface area contributed by atoms with Crippen molar-refractivity contribution in [1.29, 1.82) is 0 Å². The molecule has 1 aromatic heterocycles. The summed E-state index contributed by atoms with van der Waals surface area (Å²) in [5.41, 5.74) is 6.00. The number of benzene rings is 1. The van der Waals surface area contributed by atoms with Gasteiger partial charge < -0.3 is 10.3 Å². The van der Waals surface area contributed by atoms with Crippen LogP contribution in [0, 0.1) is 5.92 Å². The van der Waals surface area contributed by atoms with Gasteiger partial charge in [0.25, 0.3) is 0 Å². The maximum atomic E-state index is 6.12. The van der Waals surface area contributed by atoms with E-state index in [1.165, 1.54) is 22.1 Å². The molecule has 22 heavy (non-hydrogen) atoms. The van der Waals surface area contributed by atoms with Gasteiger partial charge in [-0.25, -0.2) is 0 Å². The van der Waals surface area contributed by atoms with Crippen molar-refractivity contribution in [1.82, 2.24) is 10.3 Å². The Morgan fingerprint density at radius 2 is 2.27 bits per heavy atom. The van der Waals surface area contributed by atoms with Crippen molar-refractivity contribution in [3.63, 3.8) is 0 Å². The van der Waals surface area contributed by atoms with Crippen LogP contribution in [0.25, 0.3) is 16.5 Å². The summed E-state index contributed by atoms with van der Waals surface area (Å²) in [6.07, 6.45) is 7.63. The Morgan fingerprint density at radius 3 is 3.05 bits per heavy atom. The van der Waals surface area contributed by atoms with Gasteiger partial charge in [0.15, 0.2) is 0 Å². The van der Waals surface area contributed by atoms with Crippen molar-refractivity contribution < 1.29 is 0 Å². The van der Waals surface area contributed by atoms with Crippen molar-refractivity contribution in [3.05, 3.63) is 48.1 Å². The number of allylic oxidation sites excluding steroid dienone is 1. The molecular weight excluding hydrogens is 267 g/mol. The third-order valence-electron chi connectivity index (χ3n) is 4.48. The molecule has 1 unspecified atom stereocenters. The predicted octanol–water partition coefficient (Wildman–Crippen LogP) is 3.09. The molecule has 1 atom stereocenters. The fourth-order valence-corrected chi connectivity index (χ4v) is 3.35. The van der Waals surface area contributed by atoms with Crippen LogP contribution in [0.2, 0.25) is 0 Å². The zero-order valence-electron chi connectivity index (χ0n) is 13.3. The Kier molecular flexibility index (Phi) is 4.53. The van der Waals surface area contributed by atoms with E-state index in [2.05, 4.69) is 48.1 Å². The van der Waals surface area contributed by atoms with Crippen LogP contribution in [0.3, 0.4) is 0 Å². The van der Waals surface area contributed by atoms with E-state index in [0.717, 1.165) is 43.5 Å². The van der Waals surface area contributed by atoms with E-state index in [-0.39, 0.29) is 0 Å². The third kappa shape index (κ3) is 2.78. The first kappa shape index (κ1) is 15.2. The van der Waals surface area contributed by atoms with Crippen molar-refractivity contribution in [2.75, 3.05) is 13.1 Å². The predicted molar refractivity (Wildman–Crippen MR) is 96.8 cm³/mol. The van der Waals surface area contributed by atoms with Crippen LogP contribution < -0.4 is 10.9 Å². The number of H-pyrrole nitrogens is 1. The molecule has 0 saturated carbocycles. The van der Waals surface area contributed by atoms with Crippen LogP contribution in [0.15, 0.2) is 36.9 Å². The number of hydrogen-bond donors (Lipinski definition) is 2. The van der Waals surface area contributed by atoms with Gasteiger partial charge in [-0.05, 0) is 54.2 Å². The van der Waals surface area contributed by atoms with Crippen molar-refractivity contribution in [2.45, 2.75) is 26.2 Å². The lowest BCUT2D eigenvalue weighted by Gasteiger charge is -2.19. The third-order valence-corrected chi connectivity index (χ3v) is 4.48. The van der Waals surface area contributed by atoms with E-state index in [1.54, 1.807) is 0 Å². The highest BCUT2D eigenvalue weighted by atomic mass is 14.8. The maximum Gasteiger partial charge on any atom is 0.138 e. The molecule has 3 heteroatoms. The summed E-state index contributed by atoms with van der Waals surface area (Å²) in [6, 6.07) is 6.42. The first-order valence-corrected chi connectivity index (χ1v) is 8.18. The fraction of sp³-hybridized carbons (Fsp3) is 0.368. The molecule has 0 bridgehead atoms. The Labute approximate surface area is 134 Å². The van der Waals surface area contributed by atoms with Gasteiger partial charge in [0.1, 0.15) is 7.85 Å². The molecule has 2 radical (unpaired) electrons. The topological polar surface area (TPSA) is 27.8 Å². The Bertz CT molecular complexity index is 712. The Balaban J connectivity index is 1.94. The minimum atomic E-state index is 0.370. The minimum Gasteiger partial charge on any atom is -0.368 e. The fourth-order valence-electron chi connectivity index (χ4n) is 3.35. The lowest BCUT2D eigenvalue weighted by atomic mass is 9.83. The van der Waals surface area contributed by atoms with Crippen LogP contribution in [0.5, 0.6) is 0 Å². The van der Waals surface area contributed by atoms with Crippen LogP contribution >= 0.6 is 0 Å². The smallest absolute Gasteiger partial charge is 0.138 e. The number of hydrogen-bond acceptors (Lipinski definition) is 1. The number of rotatable bonds is 6. The van der Waals surface area contributed by atoms with E-state index >= 15 is 0 Å². The molecule has 112 valence electrons. The van der Waals surface area contributed by atoms with Gasteiger partial charge in [-0.2, -0.15) is 0 Å². The standard InChI is InChI=1S/C19H23BN2/c1-3-10-21-12-13(4-2)11-14-8-9-16-18-15(14)6-5-7-17(18)22-19(16)20/h4-7,11,13,21-22H,2-3,8-10,12H2,1H3/b14-11+. The lowest BCUT2D eigenvalue weighted by Crippen LogP contribution is -2.21. The van der Waals surface area contributed by atoms with Gasteiger partial charge in [-0.3, -0.25) is 0 Å². The summed E-state index contributed by atoms with van der Waals surface area (Å²) in [6.45, 7) is 8.19. The van der Waals surface area contributed by atoms with Gasteiger partial charge in [0.2, 0.25) is 0 Å². The zero-order valence-corrected chi connectivity index (χ0v) is 13.3. The number of aromatic amines is 1. The summed E-state index contributed by atoms with van der Waals surface area (Å²) < 4.78 is 0. The first-order valence-electron chi connectivity index (χ1n) is 8.18. The average molecular weight is 290 g/mol. The SMILES string of the molecule is [B]c1[nH]c2cccc3c2c1CC/C3=C\C(C=C)CNCCC. The molecule has 2 nitrogen and oxygen atoms in total.